The molecule has 2 aromatic carbocycles. The van der Waals surface area contributed by atoms with E-state index in [0.717, 1.165) is 60.1 Å². The van der Waals surface area contributed by atoms with Crippen molar-refractivity contribution in [2.75, 3.05) is 30.9 Å². The summed E-state index contributed by atoms with van der Waals surface area (Å²) in [5, 5.41) is 8.09. The van der Waals surface area contributed by atoms with Gasteiger partial charge in [0.25, 0.3) is 0 Å². The van der Waals surface area contributed by atoms with Crippen molar-refractivity contribution in [3.63, 3.8) is 0 Å². The summed E-state index contributed by atoms with van der Waals surface area (Å²) in [6.07, 6.45) is 4.49. The van der Waals surface area contributed by atoms with Crippen LogP contribution in [-0.2, 0) is 6.54 Å². The Bertz CT molecular complexity index is 1030. The van der Waals surface area contributed by atoms with Crippen LogP contribution in [0.5, 0.6) is 0 Å². The minimum absolute atomic E-state index is 0.126. The number of rotatable bonds is 7. The summed E-state index contributed by atoms with van der Waals surface area (Å²) < 4.78 is 13.9. The van der Waals surface area contributed by atoms with E-state index in [9.17, 15) is 4.39 Å². The molecule has 0 radical (unpaired) electrons. The zero-order valence-electron chi connectivity index (χ0n) is 18.7. The number of aryl methyl sites for hydroxylation is 1. The number of aromatic nitrogens is 2. The summed E-state index contributed by atoms with van der Waals surface area (Å²) in [5.74, 6) is 2.15. The third kappa shape index (κ3) is 5.31. The first kappa shape index (κ1) is 21.5. The van der Waals surface area contributed by atoms with E-state index in [1.807, 2.05) is 56.3 Å². The van der Waals surface area contributed by atoms with Gasteiger partial charge >= 0.3 is 0 Å². The van der Waals surface area contributed by atoms with Gasteiger partial charge in [0, 0.05) is 37.6 Å². The molecule has 1 aliphatic carbocycles. The molecule has 0 saturated heterocycles. The van der Waals surface area contributed by atoms with Gasteiger partial charge in [0.15, 0.2) is 0 Å². The number of hydrogen-bond donors (Lipinski definition) is 2. The van der Waals surface area contributed by atoms with Crippen molar-refractivity contribution >= 4 is 22.7 Å². The molecule has 3 aromatic rings. The molecule has 31 heavy (non-hydrogen) atoms. The fourth-order valence-corrected chi connectivity index (χ4v) is 4.41. The number of anilines is 2. The van der Waals surface area contributed by atoms with Crippen LogP contribution in [-0.4, -0.2) is 36.6 Å². The molecule has 2 N–H and O–H groups in total. The molecular formula is C25H32FN5. The highest BCUT2D eigenvalue weighted by Gasteiger charge is 2.22. The number of nitrogens with one attached hydrogen (secondary N) is 2. The summed E-state index contributed by atoms with van der Waals surface area (Å²) in [7, 11) is 4.03. The van der Waals surface area contributed by atoms with Crippen LogP contribution in [0.15, 0.2) is 42.5 Å². The lowest BCUT2D eigenvalue weighted by atomic mass is 9.86. The second-order valence-electron chi connectivity index (χ2n) is 8.87. The average Bonchev–Trinajstić information content (AvgIpc) is 2.76. The highest BCUT2D eigenvalue weighted by Crippen LogP contribution is 2.28. The summed E-state index contributed by atoms with van der Waals surface area (Å²) >= 11 is 0. The van der Waals surface area contributed by atoms with Crippen LogP contribution in [0.4, 0.5) is 16.2 Å². The van der Waals surface area contributed by atoms with Crippen molar-refractivity contribution in [3.8, 4) is 0 Å². The second kappa shape index (κ2) is 9.60. The number of hydrogen-bond acceptors (Lipinski definition) is 5. The van der Waals surface area contributed by atoms with Crippen molar-refractivity contribution < 1.29 is 4.39 Å². The predicted molar refractivity (Wildman–Crippen MR) is 126 cm³/mol. The molecule has 1 aliphatic rings. The number of fused-ring (bicyclic) bond motifs is 1. The quantitative estimate of drug-likeness (QED) is 0.568. The van der Waals surface area contributed by atoms with Crippen LogP contribution in [0.3, 0.4) is 0 Å². The molecule has 0 bridgehead atoms. The Kier molecular flexibility index (Phi) is 6.66. The summed E-state index contributed by atoms with van der Waals surface area (Å²) in [6.45, 7) is 3.51. The number of nitrogens with zero attached hydrogens (tertiary/aromatic N) is 3. The molecule has 0 spiro atoms. The molecule has 4 rings (SSSR count). The van der Waals surface area contributed by atoms with Crippen molar-refractivity contribution in [2.45, 2.75) is 45.2 Å². The molecule has 0 unspecified atom stereocenters. The van der Waals surface area contributed by atoms with E-state index in [0.29, 0.717) is 24.5 Å². The molecule has 5 nitrogen and oxygen atoms in total. The van der Waals surface area contributed by atoms with E-state index in [2.05, 4.69) is 16.7 Å². The lowest BCUT2D eigenvalue weighted by molar-refractivity contribution is 0.323. The minimum Gasteiger partial charge on any atom is -0.362 e. The van der Waals surface area contributed by atoms with Crippen molar-refractivity contribution in [2.24, 2.45) is 5.92 Å². The third-order valence-corrected chi connectivity index (χ3v) is 6.14. The first-order valence-electron chi connectivity index (χ1n) is 11.2. The smallest absolute Gasteiger partial charge is 0.225 e. The summed E-state index contributed by atoms with van der Waals surface area (Å²) in [6, 6.07) is 13.8. The lowest BCUT2D eigenvalue weighted by Crippen LogP contribution is -2.31. The standard InChI is InChI=1S/C25H32FN5/c1-17-8-13-22(26)19(14-17)16-27-15-18-9-11-20(12-10-18)28-25-29-23-7-5-4-6-21(23)24(30-25)31(2)3/h4-8,13-14,18,20,27H,9-12,15-16H2,1-3H3,(H,28,29,30)/t18-,20+. The Labute approximate surface area is 184 Å². The molecule has 1 fully saturated rings. The van der Waals surface area contributed by atoms with Gasteiger partial charge in [-0.2, -0.15) is 4.98 Å². The lowest BCUT2D eigenvalue weighted by Gasteiger charge is -2.29. The van der Waals surface area contributed by atoms with E-state index in [-0.39, 0.29) is 5.82 Å². The van der Waals surface area contributed by atoms with Gasteiger partial charge in [-0.1, -0.05) is 29.8 Å². The molecular weight excluding hydrogens is 389 g/mol. The maximum absolute atomic E-state index is 13.9. The molecule has 1 aromatic heterocycles. The number of para-hydroxylation sites is 1. The normalized spacial score (nSPS) is 18.8. The van der Waals surface area contributed by atoms with Gasteiger partial charge in [-0.25, -0.2) is 9.37 Å². The average molecular weight is 422 g/mol. The number of benzene rings is 2. The zero-order valence-corrected chi connectivity index (χ0v) is 18.7. The van der Waals surface area contributed by atoms with Gasteiger partial charge in [-0.15, -0.1) is 0 Å². The molecule has 1 heterocycles. The maximum atomic E-state index is 13.9. The molecule has 6 heteroatoms. The van der Waals surface area contributed by atoms with E-state index in [1.54, 1.807) is 6.07 Å². The van der Waals surface area contributed by atoms with Crippen molar-refractivity contribution in [3.05, 3.63) is 59.4 Å². The summed E-state index contributed by atoms with van der Waals surface area (Å²) in [5.41, 5.74) is 2.81. The molecule has 164 valence electrons. The largest absolute Gasteiger partial charge is 0.362 e. The minimum atomic E-state index is -0.126. The predicted octanol–water partition coefficient (Wildman–Crippen LogP) is 4.90. The molecule has 0 aliphatic heterocycles. The van der Waals surface area contributed by atoms with E-state index in [1.165, 1.54) is 0 Å². The first-order chi connectivity index (χ1) is 15.0. The number of halogens is 1. The maximum Gasteiger partial charge on any atom is 0.225 e. The van der Waals surface area contributed by atoms with Gasteiger partial charge in [0.2, 0.25) is 5.95 Å². The topological polar surface area (TPSA) is 53.1 Å². The second-order valence-corrected chi connectivity index (χ2v) is 8.87. The Balaban J connectivity index is 1.30. The molecule has 1 saturated carbocycles. The Morgan fingerprint density at radius 1 is 1.03 bits per heavy atom. The fraction of sp³-hybridized carbons (Fsp3) is 0.440. The Morgan fingerprint density at radius 2 is 1.81 bits per heavy atom. The monoisotopic (exact) mass is 421 g/mol. The third-order valence-electron chi connectivity index (χ3n) is 6.14. The Hall–Kier alpha value is -2.73. The SMILES string of the molecule is Cc1ccc(F)c(CNC[C@H]2CC[C@@H](Nc3nc(N(C)C)c4ccccc4n3)CC2)c1. The van der Waals surface area contributed by atoms with Crippen LogP contribution in [0.1, 0.15) is 36.8 Å². The van der Waals surface area contributed by atoms with Crippen molar-refractivity contribution in [1.82, 2.24) is 15.3 Å². The van der Waals surface area contributed by atoms with Gasteiger partial charge in [-0.3, -0.25) is 0 Å². The van der Waals surface area contributed by atoms with E-state index >= 15 is 0 Å². The van der Waals surface area contributed by atoms with Crippen LogP contribution in [0, 0.1) is 18.7 Å². The molecule has 0 amide bonds. The first-order valence-corrected chi connectivity index (χ1v) is 11.2. The summed E-state index contributed by atoms with van der Waals surface area (Å²) in [4.78, 5) is 11.5. The van der Waals surface area contributed by atoms with Gasteiger partial charge in [0.05, 0.1) is 5.52 Å². The van der Waals surface area contributed by atoms with Gasteiger partial charge < -0.3 is 15.5 Å². The van der Waals surface area contributed by atoms with E-state index < -0.39 is 0 Å². The zero-order chi connectivity index (χ0) is 21.8. The molecule has 0 atom stereocenters. The van der Waals surface area contributed by atoms with Crippen molar-refractivity contribution in [1.29, 1.82) is 0 Å². The van der Waals surface area contributed by atoms with Crippen LogP contribution in [0.25, 0.3) is 10.9 Å². The highest BCUT2D eigenvalue weighted by atomic mass is 19.1. The van der Waals surface area contributed by atoms with Gasteiger partial charge in [-0.05, 0) is 63.3 Å². The van der Waals surface area contributed by atoms with Crippen LogP contribution < -0.4 is 15.5 Å². The fourth-order valence-electron chi connectivity index (χ4n) is 4.41. The van der Waals surface area contributed by atoms with Gasteiger partial charge in [0.1, 0.15) is 11.6 Å². The van der Waals surface area contributed by atoms with Crippen LogP contribution in [0.2, 0.25) is 0 Å². The van der Waals surface area contributed by atoms with E-state index in [4.69, 9.17) is 9.97 Å². The van der Waals surface area contributed by atoms with Crippen LogP contribution >= 0.6 is 0 Å². The Morgan fingerprint density at radius 3 is 2.58 bits per heavy atom. The highest BCUT2D eigenvalue weighted by molar-refractivity contribution is 5.90.